The third-order valence-corrected chi connectivity index (χ3v) is 5.17. The Morgan fingerprint density at radius 2 is 2.17 bits per heavy atom. The summed E-state index contributed by atoms with van der Waals surface area (Å²) in [6, 6.07) is 4.45. The molecule has 1 unspecified atom stereocenters. The van der Waals surface area contributed by atoms with E-state index >= 15 is 0 Å². The number of anilines is 1. The Balaban J connectivity index is 2.11. The van der Waals surface area contributed by atoms with Crippen LogP contribution in [0.1, 0.15) is 19.8 Å². The molecule has 1 aliphatic carbocycles. The largest absolute Gasteiger partial charge is 0.399 e. The van der Waals surface area contributed by atoms with Crippen LogP contribution in [0.2, 0.25) is 5.02 Å². The highest BCUT2D eigenvalue weighted by atomic mass is 35.5. The van der Waals surface area contributed by atoms with Crippen LogP contribution in [0.5, 0.6) is 0 Å². The molecule has 0 saturated heterocycles. The summed E-state index contributed by atoms with van der Waals surface area (Å²) in [5.41, 5.74) is 5.97. The van der Waals surface area contributed by atoms with Crippen molar-refractivity contribution in [2.45, 2.75) is 24.7 Å². The van der Waals surface area contributed by atoms with Crippen molar-refractivity contribution in [3.05, 3.63) is 23.2 Å². The quantitative estimate of drug-likeness (QED) is 0.816. The van der Waals surface area contributed by atoms with Gasteiger partial charge in [-0.25, -0.2) is 13.1 Å². The summed E-state index contributed by atoms with van der Waals surface area (Å²) in [5.74, 6) is 1.02. The second kappa shape index (κ2) is 5.07. The van der Waals surface area contributed by atoms with Crippen LogP contribution in [-0.2, 0) is 10.0 Å². The van der Waals surface area contributed by atoms with Crippen LogP contribution in [0.3, 0.4) is 0 Å². The van der Waals surface area contributed by atoms with Gasteiger partial charge in [0.15, 0.2) is 0 Å². The number of halogens is 1. The third kappa shape index (κ3) is 3.16. The molecule has 1 aromatic rings. The van der Waals surface area contributed by atoms with Gasteiger partial charge in [-0.15, -0.1) is 0 Å². The second-order valence-corrected chi connectivity index (χ2v) is 7.00. The molecule has 0 amide bonds. The SMILES string of the molecule is CC(CNS(=O)(=O)c1cc(N)ccc1Cl)C1CC1. The lowest BCUT2D eigenvalue weighted by atomic mass is 10.1. The Bertz CT molecular complexity index is 541. The summed E-state index contributed by atoms with van der Waals surface area (Å²) in [6.45, 7) is 2.50. The van der Waals surface area contributed by atoms with E-state index in [2.05, 4.69) is 11.6 Å². The minimum atomic E-state index is -3.58. The smallest absolute Gasteiger partial charge is 0.242 e. The molecule has 0 spiro atoms. The standard InChI is InChI=1S/C12H17ClN2O2S/c1-8(9-2-3-9)7-15-18(16,17)12-6-10(14)4-5-11(12)13/h4-6,8-9,15H,2-3,7,14H2,1H3. The lowest BCUT2D eigenvalue weighted by molar-refractivity contribution is 0.492. The zero-order chi connectivity index (χ0) is 13.3. The fourth-order valence-corrected chi connectivity index (χ4v) is 3.55. The molecule has 1 atom stereocenters. The van der Waals surface area contributed by atoms with Crippen LogP contribution in [0.4, 0.5) is 5.69 Å². The molecule has 0 radical (unpaired) electrons. The van der Waals surface area contributed by atoms with Gasteiger partial charge in [-0.1, -0.05) is 18.5 Å². The first-order valence-corrected chi connectivity index (χ1v) is 7.81. The third-order valence-electron chi connectivity index (χ3n) is 3.27. The molecule has 1 fully saturated rings. The minimum absolute atomic E-state index is 0.0483. The Kier molecular flexibility index (Phi) is 3.84. The molecule has 0 bridgehead atoms. The van der Waals surface area contributed by atoms with E-state index in [1.807, 2.05) is 0 Å². The molecule has 0 aromatic heterocycles. The van der Waals surface area contributed by atoms with Gasteiger partial charge in [-0.2, -0.15) is 0 Å². The van der Waals surface area contributed by atoms with Gasteiger partial charge >= 0.3 is 0 Å². The van der Waals surface area contributed by atoms with Crippen LogP contribution < -0.4 is 10.5 Å². The Morgan fingerprint density at radius 3 is 2.78 bits per heavy atom. The maximum absolute atomic E-state index is 12.1. The molecule has 0 heterocycles. The number of benzene rings is 1. The lowest BCUT2D eigenvalue weighted by Gasteiger charge is -2.13. The second-order valence-electron chi connectivity index (χ2n) is 4.86. The first-order chi connectivity index (χ1) is 8.40. The van der Waals surface area contributed by atoms with Gasteiger partial charge in [0.1, 0.15) is 4.90 Å². The van der Waals surface area contributed by atoms with Crippen molar-refractivity contribution in [2.75, 3.05) is 12.3 Å². The van der Waals surface area contributed by atoms with Crippen molar-refractivity contribution < 1.29 is 8.42 Å². The van der Waals surface area contributed by atoms with Crippen LogP contribution >= 0.6 is 11.6 Å². The van der Waals surface area contributed by atoms with Gasteiger partial charge in [0.05, 0.1) is 5.02 Å². The van der Waals surface area contributed by atoms with E-state index in [1.165, 1.54) is 25.0 Å². The van der Waals surface area contributed by atoms with Gasteiger partial charge < -0.3 is 5.73 Å². The molecular formula is C12H17ClN2O2S. The summed E-state index contributed by atoms with van der Waals surface area (Å²) in [4.78, 5) is 0.0483. The molecular weight excluding hydrogens is 272 g/mol. The van der Waals surface area contributed by atoms with E-state index in [1.54, 1.807) is 6.07 Å². The first-order valence-electron chi connectivity index (χ1n) is 5.95. The Morgan fingerprint density at radius 1 is 1.50 bits per heavy atom. The molecule has 3 N–H and O–H groups in total. The monoisotopic (exact) mass is 288 g/mol. The minimum Gasteiger partial charge on any atom is -0.399 e. The average Bonchev–Trinajstić information content (AvgIpc) is 3.13. The lowest BCUT2D eigenvalue weighted by Crippen LogP contribution is -2.29. The van der Waals surface area contributed by atoms with Gasteiger partial charge in [-0.05, 0) is 42.9 Å². The van der Waals surface area contributed by atoms with Crippen LogP contribution in [0.15, 0.2) is 23.1 Å². The van der Waals surface area contributed by atoms with E-state index in [0.29, 0.717) is 24.1 Å². The van der Waals surface area contributed by atoms with Crippen LogP contribution in [-0.4, -0.2) is 15.0 Å². The van der Waals surface area contributed by atoms with Crippen molar-refractivity contribution in [1.29, 1.82) is 0 Å². The summed E-state index contributed by atoms with van der Waals surface area (Å²) in [5, 5.41) is 0.191. The van der Waals surface area contributed by atoms with Crippen LogP contribution in [0.25, 0.3) is 0 Å². The predicted octanol–water partition coefficient (Wildman–Crippen LogP) is 2.25. The maximum Gasteiger partial charge on any atom is 0.242 e. The van der Waals surface area contributed by atoms with E-state index in [9.17, 15) is 8.42 Å². The number of hydrogen-bond acceptors (Lipinski definition) is 3. The maximum atomic E-state index is 12.1. The van der Waals surface area contributed by atoms with E-state index in [-0.39, 0.29) is 9.92 Å². The zero-order valence-electron chi connectivity index (χ0n) is 10.2. The first kappa shape index (κ1) is 13.6. The molecule has 18 heavy (non-hydrogen) atoms. The number of rotatable bonds is 5. The average molecular weight is 289 g/mol. The summed E-state index contributed by atoms with van der Waals surface area (Å²) >= 11 is 5.90. The van der Waals surface area contributed by atoms with Gasteiger partial charge in [0.25, 0.3) is 0 Å². The van der Waals surface area contributed by atoms with Gasteiger partial charge in [-0.3, -0.25) is 0 Å². The summed E-state index contributed by atoms with van der Waals surface area (Å²) in [7, 11) is -3.58. The summed E-state index contributed by atoms with van der Waals surface area (Å²) in [6.07, 6.45) is 2.39. The van der Waals surface area contributed by atoms with E-state index < -0.39 is 10.0 Å². The van der Waals surface area contributed by atoms with Gasteiger partial charge in [0.2, 0.25) is 10.0 Å². The van der Waals surface area contributed by atoms with Crippen molar-refractivity contribution in [1.82, 2.24) is 4.72 Å². The molecule has 1 aromatic carbocycles. The number of hydrogen-bond donors (Lipinski definition) is 2. The Hall–Kier alpha value is -0.780. The van der Waals surface area contributed by atoms with Crippen molar-refractivity contribution in [2.24, 2.45) is 11.8 Å². The normalized spacial score (nSPS) is 17.7. The summed E-state index contributed by atoms with van der Waals surface area (Å²) < 4.78 is 26.8. The fraction of sp³-hybridized carbons (Fsp3) is 0.500. The molecule has 6 heteroatoms. The van der Waals surface area contributed by atoms with Crippen molar-refractivity contribution in [3.8, 4) is 0 Å². The molecule has 100 valence electrons. The highest BCUT2D eigenvalue weighted by Crippen LogP contribution is 2.36. The Labute approximate surface area is 113 Å². The van der Waals surface area contributed by atoms with Crippen LogP contribution in [0, 0.1) is 11.8 Å². The number of nitrogen functional groups attached to an aromatic ring is 1. The fourth-order valence-electron chi connectivity index (χ4n) is 1.88. The van der Waals surface area contributed by atoms with Crippen molar-refractivity contribution in [3.63, 3.8) is 0 Å². The molecule has 1 saturated carbocycles. The van der Waals surface area contributed by atoms with E-state index in [0.717, 1.165) is 0 Å². The van der Waals surface area contributed by atoms with E-state index in [4.69, 9.17) is 17.3 Å². The number of nitrogens with two attached hydrogens (primary N) is 1. The zero-order valence-corrected chi connectivity index (χ0v) is 11.8. The molecule has 4 nitrogen and oxygen atoms in total. The predicted molar refractivity (Wildman–Crippen MR) is 72.9 cm³/mol. The van der Waals surface area contributed by atoms with Gasteiger partial charge in [0, 0.05) is 12.2 Å². The topological polar surface area (TPSA) is 72.2 Å². The van der Waals surface area contributed by atoms with Crippen molar-refractivity contribution >= 4 is 27.3 Å². The highest BCUT2D eigenvalue weighted by molar-refractivity contribution is 7.89. The molecule has 2 rings (SSSR count). The molecule has 0 aliphatic heterocycles. The number of nitrogens with one attached hydrogen (secondary N) is 1. The molecule has 1 aliphatic rings. The highest BCUT2D eigenvalue weighted by Gasteiger charge is 2.29. The number of sulfonamides is 1.